The van der Waals surface area contributed by atoms with Crippen LogP contribution in [0.3, 0.4) is 0 Å². The van der Waals surface area contributed by atoms with Crippen molar-refractivity contribution < 1.29 is 19.3 Å². The lowest BCUT2D eigenvalue weighted by Gasteiger charge is -2.47. The van der Waals surface area contributed by atoms with Crippen LogP contribution < -0.4 is 4.74 Å². The Labute approximate surface area is 311 Å². The summed E-state index contributed by atoms with van der Waals surface area (Å²) in [5.74, 6) is 1.37. The minimum absolute atomic E-state index is 0.0798. The number of fused-ring (bicyclic) bond motifs is 4. The topological polar surface area (TPSA) is 90.0 Å². The third-order valence-electron chi connectivity index (χ3n) is 10.8. The van der Waals surface area contributed by atoms with Crippen LogP contribution in [-0.2, 0) is 48.2 Å². The fraction of sp³-hybridized carbons (Fsp3) is 0.538. The normalized spacial score (nSPS) is 25.9. The maximum Gasteiger partial charge on any atom is 0.122 e. The Balaban J connectivity index is 0.000000159. The highest BCUT2D eigenvalue weighted by atomic mass is 35.5. The van der Waals surface area contributed by atoms with Crippen molar-refractivity contribution in [1.82, 2.24) is 29.4 Å². The van der Waals surface area contributed by atoms with E-state index in [1.165, 1.54) is 16.7 Å². The zero-order valence-electron chi connectivity index (χ0n) is 29.8. The molecule has 6 atom stereocenters. The molecule has 0 amide bonds. The summed E-state index contributed by atoms with van der Waals surface area (Å²) in [4.78, 5) is 5.16. The number of ether oxygens (including phenoxy) is 3. The zero-order valence-corrected chi connectivity index (χ0v) is 31.3. The van der Waals surface area contributed by atoms with Gasteiger partial charge in [0, 0.05) is 50.4 Å². The monoisotopic (exact) mass is 736 g/mol. The molecule has 2 aliphatic carbocycles. The number of aromatic hydroxyl groups is 1. The number of halogens is 2. The van der Waals surface area contributed by atoms with Gasteiger partial charge in [0.25, 0.3) is 0 Å². The highest BCUT2D eigenvalue weighted by Crippen LogP contribution is 2.37. The highest BCUT2D eigenvalue weighted by molar-refractivity contribution is 6.30. The molecule has 10 nitrogen and oxygen atoms in total. The molecule has 2 aromatic carbocycles. The molecular weight excluding hydrogens is 687 g/mol. The van der Waals surface area contributed by atoms with Crippen molar-refractivity contribution in [2.45, 2.75) is 102 Å². The van der Waals surface area contributed by atoms with Crippen molar-refractivity contribution in [2.75, 3.05) is 33.3 Å². The standard InChI is InChI=1S/C20H26ClN3O2.C19H24ClN3O2/c1-3-7-23-12-16(13-24-11-15(21)10-22-24)26-20-9-17-14(8-18(20)23)5-4-6-19(17)25-2;1-2-6-22-11-15(12-23-10-14(20)9-21-23)25-19-8-16-13(7-17(19)22)4-3-5-18(16)24/h4-6,10-11,16,18,20H,3,7-9,12-13H2,1-2H3;3-5,9-10,15,17,19,24H,2,6-8,11-12H2,1H3/t16-,18-,20-;15-,17-,19-/m11/s1. The number of hydrogen-bond donors (Lipinski definition) is 1. The van der Waals surface area contributed by atoms with E-state index < -0.39 is 0 Å². The molecule has 0 spiro atoms. The first-order valence-corrected chi connectivity index (χ1v) is 19.2. The van der Waals surface area contributed by atoms with Gasteiger partial charge in [-0.15, -0.1) is 0 Å². The number of phenolic OH excluding ortho intramolecular Hbond substituents is 1. The van der Waals surface area contributed by atoms with Crippen LogP contribution in [0.1, 0.15) is 48.9 Å². The molecule has 2 fully saturated rings. The van der Waals surface area contributed by atoms with Crippen molar-refractivity contribution in [3.8, 4) is 11.5 Å². The van der Waals surface area contributed by atoms with Crippen LogP contribution in [0.4, 0.5) is 0 Å². The molecule has 2 aromatic heterocycles. The van der Waals surface area contributed by atoms with Crippen molar-refractivity contribution >= 4 is 23.2 Å². The van der Waals surface area contributed by atoms with Crippen molar-refractivity contribution in [3.05, 3.63) is 93.5 Å². The third-order valence-corrected chi connectivity index (χ3v) is 11.2. The molecule has 1 N–H and O–H groups in total. The molecule has 12 heteroatoms. The minimum atomic E-state index is 0.0798. The summed E-state index contributed by atoms with van der Waals surface area (Å²) in [5.41, 5.74) is 4.99. The van der Waals surface area contributed by atoms with Crippen LogP contribution in [-0.4, -0.2) is 104 Å². The number of nitrogens with zero attached hydrogens (tertiary/aromatic N) is 6. The van der Waals surface area contributed by atoms with Gasteiger partial charge >= 0.3 is 0 Å². The Kier molecular flexibility index (Phi) is 11.6. The van der Waals surface area contributed by atoms with Gasteiger partial charge in [0.15, 0.2) is 0 Å². The molecule has 0 saturated carbocycles. The molecule has 2 aliphatic heterocycles. The third kappa shape index (κ3) is 8.27. The van der Waals surface area contributed by atoms with E-state index in [-0.39, 0.29) is 24.4 Å². The van der Waals surface area contributed by atoms with Gasteiger partial charge < -0.3 is 19.3 Å². The van der Waals surface area contributed by atoms with Crippen LogP contribution in [0, 0.1) is 0 Å². The van der Waals surface area contributed by atoms with E-state index in [0.717, 1.165) is 82.6 Å². The van der Waals surface area contributed by atoms with Crippen LogP contribution in [0.5, 0.6) is 11.5 Å². The Morgan fingerprint density at radius 3 is 1.75 bits per heavy atom. The summed E-state index contributed by atoms with van der Waals surface area (Å²) in [6.07, 6.45) is 13.4. The van der Waals surface area contributed by atoms with E-state index in [4.69, 9.17) is 37.4 Å². The van der Waals surface area contributed by atoms with Gasteiger partial charge in [-0.3, -0.25) is 19.2 Å². The smallest absolute Gasteiger partial charge is 0.122 e. The van der Waals surface area contributed by atoms with Gasteiger partial charge in [-0.25, -0.2) is 0 Å². The molecular formula is C39H50Cl2N6O4. The average molecular weight is 738 g/mol. The van der Waals surface area contributed by atoms with E-state index in [0.29, 0.717) is 34.4 Å². The van der Waals surface area contributed by atoms with Crippen molar-refractivity contribution in [2.24, 2.45) is 0 Å². The largest absolute Gasteiger partial charge is 0.508 e. The SMILES string of the molecule is CCCN1C[C@H](Cn2cc(Cl)cn2)O[C@@H]2Cc3c(O)cccc3C[C@H]21.CCCN1C[C@H](Cn2cc(Cl)cn2)O[C@@H]2Cc3c(cccc3OC)C[C@H]21. The fourth-order valence-electron chi connectivity index (χ4n) is 8.63. The van der Waals surface area contributed by atoms with Crippen LogP contribution >= 0.6 is 23.2 Å². The molecule has 4 aliphatic rings. The van der Waals surface area contributed by atoms with E-state index in [1.54, 1.807) is 25.6 Å². The molecule has 2 saturated heterocycles. The fourth-order valence-corrected chi connectivity index (χ4v) is 8.94. The van der Waals surface area contributed by atoms with E-state index in [9.17, 15) is 5.11 Å². The zero-order chi connectivity index (χ0) is 35.5. The Hall–Kier alpha value is -3.12. The van der Waals surface area contributed by atoms with Gasteiger partial charge in [-0.1, -0.05) is 61.3 Å². The van der Waals surface area contributed by atoms with E-state index >= 15 is 0 Å². The molecule has 8 rings (SSSR count). The van der Waals surface area contributed by atoms with E-state index in [2.05, 4.69) is 58.1 Å². The summed E-state index contributed by atoms with van der Waals surface area (Å²) in [6, 6.07) is 13.0. The summed E-state index contributed by atoms with van der Waals surface area (Å²) >= 11 is 12.0. The Bertz CT molecular complexity index is 1760. The lowest BCUT2D eigenvalue weighted by Crippen LogP contribution is -2.58. The molecule has 0 unspecified atom stereocenters. The number of methoxy groups -OCH3 is 1. The predicted octanol–water partition coefficient (Wildman–Crippen LogP) is 6.08. The number of phenols is 1. The number of rotatable bonds is 9. The lowest BCUT2D eigenvalue weighted by molar-refractivity contribution is -0.128. The second-order valence-electron chi connectivity index (χ2n) is 14.3. The Morgan fingerprint density at radius 2 is 1.25 bits per heavy atom. The summed E-state index contributed by atoms with van der Waals surface area (Å²) in [6.45, 7) is 9.89. The molecule has 4 aromatic rings. The van der Waals surface area contributed by atoms with Gasteiger partial charge in [-0.05, 0) is 73.2 Å². The van der Waals surface area contributed by atoms with Gasteiger partial charge in [0.05, 0.1) is 67.1 Å². The first-order chi connectivity index (χ1) is 24.8. The average Bonchev–Trinajstić information content (AvgIpc) is 3.73. The molecule has 4 heterocycles. The number of aromatic nitrogens is 4. The van der Waals surface area contributed by atoms with Crippen LogP contribution in [0.2, 0.25) is 10.0 Å². The summed E-state index contributed by atoms with van der Waals surface area (Å²) in [5, 5.41) is 20.1. The van der Waals surface area contributed by atoms with Crippen LogP contribution in [0.25, 0.3) is 0 Å². The first-order valence-electron chi connectivity index (χ1n) is 18.4. The quantitative estimate of drug-likeness (QED) is 0.221. The second-order valence-corrected chi connectivity index (χ2v) is 15.2. The van der Waals surface area contributed by atoms with Crippen molar-refractivity contribution in [1.29, 1.82) is 0 Å². The highest BCUT2D eigenvalue weighted by Gasteiger charge is 2.42. The summed E-state index contributed by atoms with van der Waals surface area (Å²) < 4.78 is 22.3. The second kappa shape index (κ2) is 16.3. The van der Waals surface area contributed by atoms with Gasteiger partial charge in [0.2, 0.25) is 0 Å². The molecule has 274 valence electrons. The van der Waals surface area contributed by atoms with Gasteiger partial charge in [0.1, 0.15) is 11.5 Å². The molecule has 0 radical (unpaired) electrons. The van der Waals surface area contributed by atoms with Gasteiger partial charge in [-0.2, -0.15) is 10.2 Å². The minimum Gasteiger partial charge on any atom is -0.508 e. The van der Waals surface area contributed by atoms with Crippen LogP contribution in [0.15, 0.2) is 61.2 Å². The molecule has 51 heavy (non-hydrogen) atoms. The maximum absolute atomic E-state index is 10.2. The first kappa shape index (κ1) is 36.2. The molecule has 0 bridgehead atoms. The lowest BCUT2D eigenvalue weighted by atomic mass is 9.83. The number of benzene rings is 2. The maximum atomic E-state index is 10.2. The summed E-state index contributed by atoms with van der Waals surface area (Å²) in [7, 11) is 1.75. The number of morpholine rings is 2. The van der Waals surface area contributed by atoms with Crippen molar-refractivity contribution in [3.63, 3.8) is 0 Å². The predicted molar refractivity (Wildman–Crippen MR) is 199 cm³/mol. The number of hydrogen-bond acceptors (Lipinski definition) is 8. The Morgan fingerprint density at radius 1 is 0.745 bits per heavy atom. The van der Waals surface area contributed by atoms with E-state index in [1.807, 2.05) is 27.8 Å².